The van der Waals surface area contributed by atoms with E-state index in [0.29, 0.717) is 0 Å². The molecule has 1 aromatic heterocycles. The second kappa shape index (κ2) is 3.44. The highest BCUT2D eigenvalue weighted by Gasteiger charge is 2.21. The number of rotatable bonds is 2. The minimum Gasteiger partial charge on any atom is -0.477 e. The third-order valence-corrected chi connectivity index (χ3v) is 1.60. The minimum atomic E-state index is -3.10. The molecule has 0 spiro atoms. The standard InChI is InChI=1S/C7H6F2N2O3/c8-5(9)3-4(12)2(7(13)14)1-11-6(3)10/h1,5H,(H,13,14)(H3,10,11,12). The highest BCUT2D eigenvalue weighted by Crippen LogP contribution is 2.19. The maximum absolute atomic E-state index is 12.2. The zero-order chi connectivity index (χ0) is 10.9. The number of halogens is 2. The number of anilines is 1. The molecular weight excluding hydrogens is 198 g/mol. The molecule has 1 aromatic rings. The number of hydrogen-bond donors (Lipinski definition) is 3. The average Bonchev–Trinajstić information content (AvgIpc) is 2.02. The largest absolute Gasteiger partial charge is 0.477 e. The molecule has 1 rings (SSSR count). The van der Waals surface area contributed by atoms with Crippen molar-refractivity contribution in [2.45, 2.75) is 6.43 Å². The first kappa shape index (κ1) is 10.2. The van der Waals surface area contributed by atoms with E-state index in [9.17, 15) is 18.4 Å². The monoisotopic (exact) mass is 204 g/mol. The fraction of sp³-hybridized carbons (Fsp3) is 0.143. The Morgan fingerprint density at radius 2 is 2.14 bits per heavy atom. The zero-order valence-electron chi connectivity index (χ0n) is 6.75. The molecule has 0 amide bonds. The number of carboxylic acids is 1. The van der Waals surface area contributed by atoms with Crippen LogP contribution in [0, 0.1) is 0 Å². The number of pyridine rings is 1. The highest BCUT2D eigenvalue weighted by molar-refractivity contribution is 5.87. The Morgan fingerprint density at radius 1 is 1.57 bits per heavy atom. The van der Waals surface area contributed by atoms with Crippen molar-refractivity contribution >= 4 is 11.8 Å². The van der Waals surface area contributed by atoms with Crippen LogP contribution in [0.1, 0.15) is 22.3 Å². The Labute approximate surface area is 76.2 Å². The van der Waals surface area contributed by atoms with Crippen molar-refractivity contribution in [2.75, 3.05) is 5.73 Å². The van der Waals surface area contributed by atoms with Gasteiger partial charge < -0.3 is 15.8 Å². The summed E-state index contributed by atoms with van der Waals surface area (Å²) in [4.78, 5) is 23.6. The van der Waals surface area contributed by atoms with E-state index in [-0.39, 0.29) is 0 Å². The highest BCUT2D eigenvalue weighted by atomic mass is 19.3. The molecule has 0 bridgehead atoms. The van der Waals surface area contributed by atoms with Gasteiger partial charge in [-0.05, 0) is 0 Å². The van der Waals surface area contributed by atoms with Gasteiger partial charge in [0.25, 0.3) is 6.43 Å². The number of aromatic amines is 1. The number of nitrogen functional groups attached to an aromatic ring is 1. The fourth-order valence-corrected chi connectivity index (χ4v) is 0.936. The quantitative estimate of drug-likeness (QED) is 0.656. The third-order valence-electron chi connectivity index (χ3n) is 1.60. The van der Waals surface area contributed by atoms with Crippen LogP contribution in [0.3, 0.4) is 0 Å². The van der Waals surface area contributed by atoms with Crippen molar-refractivity contribution in [3.8, 4) is 0 Å². The third kappa shape index (κ3) is 1.56. The van der Waals surface area contributed by atoms with Gasteiger partial charge in [-0.1, -0.05) is 0 Å². The van der Waals surface area contributed by atoms with E-state index in [2.05, 4.69) is 4.98 Å². The van der Waals surface area contributed by atoms with Crippen LogP contribution >= 0.6 is 0 Å². The Morgan fingerprint density at radius 3 is 2.57 bits per heavy atom. The van der Waals surface area contributed by atoms with Gasteiger partial charge in [0.05, 0.1) is 0 Å². The lowest BCUT2D eigenvalue weighted by Crippen LogP contribution is -2.21. The van der Waals surface area contributed by atoms with Crippen molar-refractivity contribution < 1.29 is 18.7 Å². The lowest BCUT2D eigenvalue weighted by Gasteiger charge is -2.03. The molecule has 7 heteroatoms. The first-order chi connectivity index (χ1) is 6.45. The van der Waals surface area contributed by atoms with Crippen LogP contribution in [0.15, 0.2) is 11.0 Å². The number of nitrogens with two attached hydrogens (primary N) is 1. The molecular formula is C7H6F2N2O3. The van der Waals surface area contributed by atoms with Crippen LogP contribution < -0.4 is 11.2 Å². The summed E-state index contributed by atoms with van der Waals surface area (Å²) in [6.07, 6.45) is -2.32. The van der Waals surface area contributed by atoms with Crippen LogP contribution in [-0.4, -0.2) is 16.1 Å². The smallest absolute Gasteiger partial charge is 0.341 e. The summed E-state index contributed by atoms with van der Waals surface area (Å²) in [7, 11) is 0. The number of H-pyrrole nitrogens is 1. The van der Waals surface area contributed by atoms with Crippen molar-refractivity contribution in [3.05, 3.63) is 27.5 Å². The van der Waals surface area contributed by atoms with Crippen LogP contribution in [0.5, 0.6) is 0 Å². The SMILES string of the molecule is Nc1[nH]cc(C(=O)O)c(=O)c1C(F)F. The topological polar surface area (TPSA) is 96.2 Å². The summed E-state index contributed by atoms with van der Waals surface area (Å²) in [5.41, 5.74) is 2.04. The van der Waals surface area contributed by atoms with Crippen LogP contribution in [0.2, 0.25) is 0 Å². The van der Waals surface area contributed by atoms with E-state index < -0.39 is 34.8 Å². The molecule has 0 saturated carbocycles. The lowest BCUT2D eigenvalue weighted by atomic mass is 10.2. The first-order valence-electron chi connectivity index (χ1n) is 3.47. The van der Waals surface area contributed by atoms with Gasteiger partial charge in [0, 0.05) is 6.20 Å². The maximum Gasteiger partial charge on any atom is 0.341 e. The number of carboxylic acid groups (broad SMARTS) is 1. The normalized spacial score (nSPS) is 10.5. The molecule has 0 fully saturated rings. The maximum atomic E-state index is 12.2. The average molecular weight is 204 g/mol. The predicted octanol–water partition coefficient (Wildman–Crippen LogP) is 0.593. The van der Waals surface area contributed by atoms with Crippen LogP contribution in [0.4, 0.5) is 14.6 Å². The predicted molar refractivity (Wildman–Crippen MR) is 43.4 cm³/mol. The molecule has 76 valence electrons. The second-order valence-electron chi connectivity index (χ2n) is 2.46. The molecule has 4 N–H and O–H groups in total. The molecule has 1 heterocycles. The number of carbonyl (C=O) groups is 1. The Bertz CT molecular complexity index is 427. The number of nitrogens with one attached hydrogen (secondary N) is 1. The van der Waals surface area contributed by atoms with Crippen LogP contribution in [0.25, 0.3) is 0 Å². The molecule has 14 heavy (non-hydrogen) atoms. The molecule has 0 saturated heterocycles. The van der Waals surface area contributed by atoms with E-state index >= 15 is 0 Å². The molecule has 0 aliphatic carbocycles. The Hall–Kier alpha value is -1.92. The van der Waals surface area contributed by atoms with Gasteiger partial charge in [-0.25, -0.2) is 13.6 Å². The van der Waals surface area contributed by atoms with Crippen molar-refractivity contribution in [1.29, 1.82) is 0 Å². The van der Waals surface area contributed by atoms with E-state index in [1.165, 1.54) is 0 Å². The van der Waals surface area contributed by atoms with Crippen molar-refractivity contribution in [2.24, 2.45) is 0 Å². The van der Waals surface area contributed by atoms with E-state index in [4.69, 9.17) is 10.8 Å². The first-order valence-corrected chi connectivity index (χ1v) is 3.47. The summed E-state index contributed by atoms with van der Waals surface area (Å²) >= 11 is 0. The van der Waals surface area contributed by atoms with Gasteiger partial charge in [0.15, 0.2) is 0 Å². The van der Waals surface area contributed by atoms with Gasteiger partial charge in [-0.2, -0.15) is 0 Å². The second-order valence-corrected chi connectivity index (χ2v) is 2.46. The van der Waals surface area contributed by atoms with Gasteiger partial charge in [0.1, 0.15) is 16.9 Å². The number of hydrogen-bond acceptors (Lipinski definition) is 3. The minimum absolute atomic E-state index is 0.519. The molecule has 0 radical (unpaired) electrons. The Balaban J connectivity index is 3.50. The summed E-state index contributed by atoms with van der Waals surface area (Å²) in [5, 5.41) is 8.46. The van der Waals surface area contributed by atoms with E-state index in [0.717, 1.165) is 6.20 Å². The number of alkyl halides is 2. The zero-order valence-corrected chi connectivity index (χ0v) is 6.75. The van der Waals surface area contributed by atoms with Gasteiger partial charge in [-0.3, -0.25) is 4.79 Å². The summed E-state index contributed by atoms with van der Waals surface area (Å²) < 4.78 is 24.5. The molecule has 0 aliphatic heterocycles. The fourth-order valence-electron chi connectivity index (χ4n) is 0.936. The number of aromatic carboxylic acids is 1. The summed E-state index contributed by atoms with van der Waals surface area (Å²) in [6.45, 7) is 0. The van der Waals surface area contributed by atoms with Crippen LogP contribution in [-0.2, 0) is 0 Å². The summed E-state index contributed by atoms with van der Waals surface area (Å²) in [6, 6.07) is 0. The Kier molecular flexibility index (Phi) is 2.50. The number of aromatic nitrogens is 1. The van der Waals surface area contributed by atoms with Gasteiger partial charge in [0.2, 0.25) is 5.43 Å². The van der Waals surface area contributed by atoms with Crippen molar-refractivity contribution in [3.63, 3.8) is 0 Å². The molecule has 0 atom stereocenters. The molecule has 0 aromatic carbocycles. The van der Waals surface area contributed by atoms with E-state index in [1.54, 1.807) is 0 Å². The molecule has 0 aliphatic rings. The molecule has 0 unspecified atom stereocenters. The van der Waals surface area contributed by atoms with Gasteiger partial charge >= 0.3 is 5.97 Å². The lowest BCUT2D eigenvalue weighted by molar-refractivity contribution is 0.0694. The van der Waals surface area contributed by atoms with E-state index in [1.807, 2.05) is 0 Å². The van der Waals surface area contributed by atoms with Crippen molar-refractivity contribution in [1.82, 2.24) is 4.98 Å². The summed E-state index contributed by atoms with van der Waals surface area (Å²) in [5.74, 6) is -2.09. The van der Waals surface area contributed by atoms with Gasteiger partial charge in [-0.15, -0.1) is 0 Å². The molecule has 5 nitrogen and oxygen atoms in total.